The highest BCUT2D eigenvalue weighted by Crippen LogP contribution is 2.25. The largest absolute Gasteiger partial charge is 0.436 e. The highest BCUT2D eigenvalue weighted by atomic mass is 16.3. The van der Waals surface area contributed by atoms with E-state index in [0.29, 0.717) is 22.5 Å². The monoisotopic (exact) mass is 411 g/mol. The molecule has 0 radical (unpaired) electrons. The first kappa shape index (κ1) is 18.7. The van der Waals surface area contributed by atoms with Gasteiger partial charge in [-0.2, -0.15) is 0 Å². The predicted octanol–water partition coefficient (Wildman–Crippen LogP) is 3.63. The maximum Gasteiger partial charge on any atom is 0.277 e. The van der Waals surface area contributed by atoms with Crippen LogP contribution in [0, 0.1) is 0 Å². The van der Waals surface area contributed by atoms with Gasteiger partial charge in [0.2, 0.25) is 11.8 Å². The maximum atomic E-state index is 12.5. The van der Waals surface area contributed by atoms with Crippen LogP contribution in [0.5, 0.6) is 0 Å². The van der Waals surface area contributed by atoms with Gasteiger partial charge in [-0.3, -0.25) is 9.59 Å². The molecule has 8 heteroatoms. The van der Waals surface area contributed by atoms with Gasteiger partial charge in [0.15, 0.2) is 5.58 Å². The second-order valence-electron chi connectivity index (χ2n) is 7.00. The first-order chi connectivity index (χ1) is 15.2. The molecule has 0 fully saturated rings. The fraction of sp³-hybridized carbons (Fsp3) is 0.0870. The number of anilines is 1. The van der Waals surface area contributed by atoms with Crippen LogP contribution in [-0.2, 0) is 11.3 Å². The summed E-state index contributed by atoms with van der Waals surface area (Å²) in [4.78, 5) is 29.2. The van der Waals surface area contributed by atoms with Crippen LogP contribution >= 0.6 is 0 Å². The molecular weight excluding hydrogens is 394 g/mol. The second kappa shape index (κ2) is 7.83. The van der Waals surface area contributed by atoms with Gasteiger partial charge < -0.3 is 9.73 Å². The Morgan fingerprint density at radius 2 is 1.68 bits per heavy atom. The van der Waals surface area contributed by atoms with E-state index in [-0.39, 0.29) is 24.4 Å². The second-order valence-corrected chi connectivity index (χ2v) is 7.00. The molecule has 2 heterocycles. The van der Waals surface area contributed by atoms with E-state index in [1.807, 2.05) is 36.4 Å². The lowest BCUT2D eigenvalue weighted by molar-refractivity contribution is -0.116. The summed E-state index contributed by atoms with van der Waals surface area (Å²) in [5.41, 5.74) is 3.24. The van der Waals surface area contributed by atoms with Crippen LogP contribution in [0.25, 0.3) is 33.5 Å². The Morgan fingerprint density at radius 1 is 0.935 bits per heavy atom. The summed E-state index contributed by atoms with van der Waals surface area (Å²) in [6, 6.07) is 21.8. The standard InChI is InChI=1S/C23H17N5O3/c29-21(13-14-28-23(30)17-5-1-2-6-18(17)26-27-28)24-16-11-9-15(10-12-16)22-25-19-7-3-4-8-20(19)31-22/h1-12H,13-14H2,(H,24,29). The molecule has 152 valence electrons. The Kier molecular flexibility index (Phi) is 4.72. The summed E-state index contributed by atoms with van der Waals surface area (Å²) < 4.78 is 6.97. The van der Waals surface area contributed by atoms with Crippen molar-refractivity contribution >= 4 is 33.6 Å². The molecule has 0 aliphatic heterocycles. The van der Waals surface area contributed by atoms with E-state index >= 15 is 0 Å². The Morgan fingerprint density at radius 3 is 2.48 bits per heavy atom. The van der Waals surface area contributed by atoms with Gasteiger partial charge in [-0.25, -0.2) is 9.67 Å². The van der Waals surface area contributed by atoms with Gasteiger partial charge in [-0.1, -0.05) is 29.5 Å². The van der Waals surface area contributed by atoms with Crippen molar-refractivity contribution in [2.24, 2.45) is 0 Å². The molecule has 1 N–H and O–H groups in total. The number of fused-ring (bicyclic) bond motifs is 2. The summed E-state index contributed by atoms with van der Waals surface area (Å²) in [5, 5.41) is 11.2. The van der Waals surface area contributed by atoms with Crippen LogP contribution in [0.3, 0.4) is 0 Å². The molecule has 2 aromatic heterocycles. The minimum atomic E-state index is -0.263. The van der Waals surface area contributed by atoms with E-state index < -0.39 is 0 Å². The number of nitrogens with zero attached hydrogens (tertiary/aromatic N) is 4. The summed E-state index contributed by atoms with van der Waals surface area (Å²) in [7, 11) is 0. The maximum absolute atomic E-state index is 12.5. The van der Waals surface area contributed by atoms with Crippen molar-refractivity contribution < 1.29 is 9.21 Å². The fourth-order valence-electron chi connectivity index (χ4n) is 3.29. The van der Waals surface area contributed by atoms with Gasteiger partial charge >= 0.3 is 0 Å². The number of nitrogens with one attached hydrogen (secondary N) is 1. The Labute approximate surface area is 176 Å². The number of benzene rings is 3. The lowest BCUT2D eigenvalue weighted by Gasteiger charge is -2.07. The van der Waals surface area contributed by atoms with Crippen LogP contribution in [0.4, 0.5) is 5.69 Å². The molecule has 8 nitrogen and oxygen atoms in total. The van der Waals surface area contributed by atoms with Gasteiger partial charge in [0.25, 0.3) is 5.56 Å². The molecule has 0 aliphatic rings. The highest BCUT2D eigenvalue weighted by Gasteiger charge is 2.10. The zero-order valence-corrected chi connectivity index (χ0v) is 16.4. The molecule has 0 saturated heterocycles. The molecule has 0 bridgehead atoms. The predicted molar refractivity (Wildman–Crippen MR) is 116 cm³/mol. The van der Waals surface area contributed by atoms with E-state index in [0.717, 1.165) is 16.7 Å². The third-order valence-corrected chi connectivity index (χ3v) is 4.89. The molecule has 3 aromatic carbocycles. The molecule has 5 rings (SSSR count). The van der Waals surface area contributed by atoms with Crippen LogP contribution in [0.1, 0.15) is 6.42 Å². The average molecular weight is 411 g/mol. The normalized spacial score (nSPS) is 11.1. The number of hydrogen-bond donors (Lipinski definition) is 1. The molecule has 0 aliphatic carbocycles. The summed E-state index contributed by atoms with van der Waals surface area (Å²) >= 11 is 0. The third-order valence-electron chi connectivity index (χ3n) is 4.89. The minimum absolute atomic E-state index is 0.0970. The zero-order valence-electron chi connectivity index (χ0n) is 16.4. The summed E-state index contributed by atoms with van der Waals surface area (Å²) in [5.74, 6) is 0.296. The van der Waals surface area contributed by atoms with Gasteiger partial charge in [-0.15, -0.1) is 5.10 Å². The zero-order chi connectivity index (χ0) is 21.2. The number of oxazole rings is 1. The number of aryl methyl sites for hydroxylation is 1. The van der Waals surface area contributed by atoms with E-state index in [4.69, 9.17) is 4.42 Å². The van der Waals surface area contributed by atoms with Crippen LogP contribution in [0.15, 0.2) is 82.0 Å². The van der Waals surface area contributed by atoms with E-state index in [9.17, 15) is 9.59 Å². The third kappa shape index (κ3) is 3.78. The number of para-hydroxylation sites is 2. The Bertz CT molecular complexity index is 1420. The lowest BCUT2D eigenvalue weighted by Crippen LogP contribution is -2.26. The first-order valence-corrected chi connectivity index (χ1v) is 9.76. The molecule has 5 aromatic rings. The molecule has 0 saturated carbocycles. The van der Waals surface area contributed by atoms with Gasteiger partial charge in [-0.05, 0) is 48.5 Å². The van der Waals surface area contributed by atoms with Crippen molar-refractivity contribution in [3.63, 3.8) is 0 Å². The number of aromatic nitrogens is 4. The van der Waals surface area contributed by atoms with Crippen molar-refractivity contribution in [3.8, 4) is 11.5 Å². The number of carbonyl (C=O) groups is 1. The van der Waals surface area contributed by atoms with Crippen molar-refractivity contribution in [3.05, 3.63) is 83.2 Å². The van der Waals surface area contributed by atoms with E-state index in [2.05, 4.69) is 20.6 Å². The van der Waals surface area contributed by atoms with E-state index in [1.165, 1.54) is 4.68 Å². The Balaban J connectivity index is 1.24. The fourth-order valence-corrected chi connectivity index (χ4v) is 3.29. The van der Waals surface area contributed by atoms with Crippen molar-refractivity contribution in [2.45, 2.75) is 13.0 Å². The van der Waals surface area contributed by atoms with Crippen molar-refractivity contribution in [1.82, 2.24) is 20.0 Å². The van der Waals surface area contributed by atoms with Gasteiger partial charge in [0.1, 0.15) is 11.0 Å². The molecule has 0 unspecified atom stereocenters. The van der Waals surface area contributed by atoms with Crippen molar-refractivity contribution in [2.75, 3.05) is 5.32 Å². The van der Waals surface area contributed by atoms with Crippen LogP contribution in [-0.4, -0.2) is 25.9 Å². The molecule has 1 amide bonds. The van der Waals surface area contributed by atoms with Gasteiger partial charge in [0, 0.05) is 17.7 Å². The van der Waals surface area contributed by atoms with Crippen LogP contribution in [0.2, 0.25) is 0 Å². The quantitative estimate of drug-likeness (QED) is 0.474. The van der Waals surface area contributed by atoms with Crippen LogP contribution < -0.4 is 10.9 Å². The summed E-state index contributed by atoms with van der Waals surface area (Å²) in [6.07, 6.45) is 0.0970. The molecular formula is C23H17N5O3. The molecule has 0 atom stereocenters. The average Bonchev–Trinajstić information content (AvgIpc) is 3.24. The van der Waals surface area contributed by atoms with Gasteiger partial charge in [0.05, 0.1) is 11.9 Å². The molecule has 0 spiro atoms. The summed E-state index contributed by atoms with van der Waals surface area (Å²) in [6.45, 7) is 0.142. The number of hydrogen-bond acceptors (Lipinski definition) is 6. The van der Waals surface area contributed by atoms with Crippen molar-refractivity contribution in [1.29, 1.82) is 0 Å². The Hall–Kier alpha value is -4.33. The minimum Gasteiger partial charge on any atom is -0.436 e. The molecule has 31 heavy (non-hydrogen) atoms. The lowest BCUT2D eigenvalue weighted by atomic mass is 10.2. The van der Waals surface area contributed by atoms with E-state index in [1.54, 1.807) is 36.4 Å². The first-order valence-electron chi connectivity index (χ1n) is 9.76. The SMILES string of the molecule is O=C(CCn1nnc2ccccc2c1=O)Nc1ccc(-c2nc3ccccc3o2)cc1. The topological polar surface area (TPSA) is 103 Å². The number of carbonyl (C=O) groups excluding carboxylic acids is 1. The number of rotatable bonds is 5. The number of amides is 1. The smallest absolute Gasteiger partial charge is 0.277 e. The highest BCUT2D eigenvalue weighted by molar-refractivity contribution is 5.91.